The van der Waals surface area contributed by atoms with Crippen molar-refractivity contribution in [3.05, 3.63) is 35.9 Å². The molecule has 2 N–H and O–H groups in total. The van der Waals surface area contributed by atoms with Gasteiger partial charge in [0.15, 0.2) is 0 Å². The Morgan fingerprint density at radius 2 is 2.24 bits per heavy atom. The van der Waals surface area contributed by atoms with Crippen LogP contribution in [0.5, 0.6) is 0 Å². The van der Waals surface area contributed by atoms with Gasteiger partial charge in [-0.1, -0.05) is 37.3 Å². The Kier molecular flexibility index (Phi) is 4.15. The van der Waals surface area contributed by atoms with Gasteiger partial charge in [-0.2, -0.15) is 0 Å². The lowest BCUT2D eigenvalue weighted by atomic mass is 9.95. The number of benzene rings is 1. The fourth-order valence-corrected chi connectivity index (χ4v) is 2.34. The standard InChI is InChI=1S/C14H20N2O/c1-2-13(11-6-4-3-5-7-11)14(17)16-12-8-9-15-10-12/h3-7,12-13,15H,2,8-10H2,1H3,(H,16,17)/t12-,13?/m1/s1. The van der Waals surface area contributed by atoms with E-state index < -0.39 is 0 Å². The van der Waals surface area contributed by atoms with Crippen LogP contribution >= 0.6 is 0 Å². The molecule has 0 radical (unpaired) electrons. The Labute approximate surface area is 103 Å². The van der Waals surface area contributed by atoms with Crippen LogP contribution in [0.1, 0.15) is 31.2 Å². The fourth-order valence-electron chi connectivity index (χ4n) is 2.34. The van der Waals surface area contributed by atoms with Crippen LogP contribution in [0.25, 0.3) is 0 Å². The van der Waals surface area contributed by atoms with Crippen molar-refractivity contribution in [2.45, 2.75) is 31.7 Å². The third-order valence-corrected chi connectivity index (χ3v) is 3.33. The summed E-state index contributed by atoms with van der Waals surface area (Å²) in [6, 6.07) is 10.3. The summed E-state index contributed by atoms with van der Waals surface area (Å²) in [6.07, 6.45) is 1.88. The van der Waals surface area contributed by atoms with Gasteiger partial charge in [-0.3, -0.25) is 4.79 Å². The molecule has 92 valence electrons. The molecule has 1 aliphatic rings. The van der Waals surface area contributed by atoms with Gasteiger partial charge in [0.05, 0.1) is 5.92 Å². The Morgan fingerprint density at radius 3 is 2.82 bits per heavy atom. The van der Waals surface area contributed by atoms with E-state index in [0.29, 0.717) is 6.04 Å². The average Bonchev–Trinajstić information content (AvgIpc) is 2.84. The highest BCUT2D eigenvalue weighted by molar-refractivity contribution is 5.83. The quantitative estimate of drug-likeness (QED) is 0.829. The lowest BCUT2D eigenvalue weighted by molar-refractivity contribution is -0.123. The first kappa shape index (κ1) is 12.1. The van der Waals surface area contributed by atoms with E-state index in [1.807, 2.05) is 30.3 Å². The molecule has 2 atom stereocenters. The predicted octanol–water partition coefficient (Wildman–Crippen LogP) is 1.66. The van der Waals surface area contributed by atoms with Crippen molar-refractivity contribution in [3.63, 3.8) is 0 Å². The number of hydrogen-bond acceptors (Lipinski definition) is 2. The molecular weight excluding hydrogens is 212 g/mol. The highest BCUT2D eigenvalue weighted by Crippen LogP contribution is 2.19. The summed E-state index contributed by atoms with van der Waals surface area (Å²) in [7, 11) is 0. The maximum Gasteiger partial charge on any atom is 0.227 e. The van der Waals surface area contributed by atoms with Crippen LogP contribution in [0.4, 0.5) is 0 Å². The predicted molar refractivity (Wildman–Crippen MR) is 68.9 cm³/mol. The minimum absolute atomic E-state index is 0.0169. The van der Waals surface area contributed by atoms with Crippen molar-refractivity contribution in [2.24, 2.45) is 0 Å². The van der Waals surface area contributed by atoms with E-state index in [4.69, 9.17) is 0 Å². The molecule has 1 unspecified atom stereocenters. The zero-order valence-corrected chi connectivity index (χ0v) is 10.3. The molecule has 1 aromatic carbocycles. The number of carbonyl (C=O) groups excluding carboxylic acids is 1. The largest absolute Gasteiger partial charge is 0.352 e. The van der Waals surface area contributed by atoms with Crippen LogP contribution in [0, 0.1) is 0 Å². The molecule has 3 heteroatoms. The van der Waals surface area contributed by atoms with Gasteiger partial charge in [0.1, 0.15) is 0 Å². The summed E-state index contributed by atoms with van der Waals surface area (Å²) >= 11 is 0. The number of carbonyl (C=O) groups is 1. The Balaban J connectivity index is 2.00. The minimum Gasteiger partial charge on any atom is -0.352 e. The lowest BCUT2D eigenvalue weighted by Crippen LogP contribution is -2.39. The van der Waals surface area contributed by atoms with Crippen molar-refractivity contribution < 1.29 is 4.79 Å². The van der Waals surface area contributed by atoms with E-state index >= 15 is 0 Å². The fraction of sp³-hybridized carbons (Fsp3) is 0.500. The highest BCUT2D eigenvalue weighted by atomic mass is 16.1. The van der Waals surface area contributed by atoms with Crippen molar-refractivity contribution >= 4 is 5.91 Å². The third-order valence-electron chi connectivity index (χ3n) is 3.33. The van der Waals surface area contributed by atoms with Crippen LogP contribution in [-0.4, -0.2) is 25.0 Å². The number of nitrogens with one attached hydrogen (secondary N) is 2. The number of amides is 1. The van der Waals surface area contributed by atoms with E-state index in [1.165, 1.54) is 0 Å². The summed E-state index contributed by atoms with van der Waals surface area (Å²) in [6.45, 7) is 3.97. The maximum atomic E-state index is 12.2. The smallest absolute Gasteiger partial charge is 0.227 e. The minimum atomic E-state index is -0.0169. The van der Waals surface area contributed by atoms with Crippen LogP contribution < -0.4 is 10.6 Å². The second-order valence-corrected chi connectivity index (χ2v) is 4.57. The molecule has 1 fully saturated rings. The molecule has 3 nitrogen and oxygen atoms in total. The van der Waals surface area contributed by atoms with Gasteiger partial charge in [0.25, 0.3) is 0 Å². The first-order valence-electron chi connectivity index (χ1n) is 6.37. The Bertz CT molecular complexity index is 358. The normalized spacial score (nSPS) is 21.1. The summed E-state index contributed by atoms with van der Waals surface area (Å²) in [5, 5.41) is 6.39. The highest BCUT2D eigenvalue weighted by Gasteiger charge is 2.22. The van der Waals surface area contributed by atoms with Crippen molar-refractivity contribution in [1.29, 1.82) is 0 Å². The second kappa shape index (κ2) is 5.82. The van der Waals surface area contributed by atoms with E-state index in [0.717, 1.165) is 31.5 Å². The van der Waals surface area contributed by atoms with Crippen molar-refractivity contribution in [2.75, 3.05) is 13.1 Å². The van der Waals surface area contributed by atoms with Gasteiger partial charge in [0, 0.05) is 12.6 Å². The molecule has 0 spiro atoms. The SMILES string of the molecule is CCC(C(=O)N[C@@H]1CCNC1)c1ccccc1. The van der Waals surface area contributed by atoms with Gasteiger partial charge < -0.3 is 10.6 Å². The van der Waals surface area contributed by atoms with Crippen molar-refractivity contribution in [3.8, 4) is 0 Å². The zero-order chi connectivity index (χ0) is 12.1. The number of hydrogen-bond donors (Lipinski definition) is 2. The first-order chi connectivity index (χ1) is 8.31. The molecular formula is C14H20N2O. The van der Waals surface area contributed by atoms with E-state index in [1.54, 1.807) is 0 Å². The maximum absolute atomic E-state index is 12.2. The van der Waals surface area contributed by atoms with E-state index in [2.05, 4.69) is 17.6 Å². The van der Waals surface area contributed by atoms with Gasteiger partial charge in [0.2, 0.25) is 5.91 Å². The van der Waals surface area contributed by atoms with Gasteiger partial charge in [-0.25, -0.2) is 0 Å². The van der Waals surface area contributed by atoms with Crippen molar-refractivity contribution in [1.82, 2.24) is 10.6 Å². The molecule has 0 aromatic heterocycles. The molecule has 0 saturated carbocycles. The molecule has 0 bridgehead atoms. The van der Waals surface area contributed by atoms with E-state index in [9.17, 15) is 4.79 Å². The lowest BCUT2D eigenvalue weighted by Gasteiger charge is -2.18. The van der Waals surface area contributed by atoms with E-state index in [-0.39, 0.29) is 11.8 Å². The molecule has 1 heterocycles. The zero-order valence-electron chi connectivity index (χ0n) is 10.3. The summed E-state index contributed by atoms with van der Waals surface area (Å²) in [5.41, 5.74) is 1.11. The van der Waals surface area contributed by atoms with Gasteiger partial charge in [-0.15, -0.1) is 0 Å². The molecule has 1 aliphatic heterocycles. The molecule has 0 aliphatic carbocycles. The van der Waals surface area contributed by atoms with Gasteiger partial charge >= 0.3 is 0 Å². The topological polar surface area (TPSA) is 41.1 Å². The Hall–Kier alpha value is -1.35. The summed E-state index contributed by atoms with van der Waals surface area (Å²) in [5.74, 6) is 0.143. The van der Waals surface area contributed by atoms with Crippen LogP contribution in [0.15, 0.2) is 30.3 Å². The Morgan fingerprint density at radius 1 is 1.47 bits per heavy atom. The summed E-state index contributed by atoms with van der Waals surface area (Å²) in [4.78, 5) is 12.2. The number of rotatable bonds is 4. The van der Waals surface area contributed by atoms with Crippen LogP contribution in [0.2, 0.25) is 0 Å². The average molecular weight is 232 g/mol. The van der Waals surface area contributed by atoms with Gasteiger partial charge in [-0.05, 0) is 24.9 Å². The van der Waals surface area contributed by atoms with Crippen LogP contribution in [0.3, 0.4) is 0 Å². The molecule has 2 rings (SSSR count). The molecule has 17 heavy (non-hydrogen) atoms. The molecule has 1 amide bonds. The second-order valence-electron chi connectivity index (χ2n) is 4.57. The third kappa shape index (κ3) is 3.07. The molecule has 1 saturated heterocycles. The first-order valence-corrected chi connectivity index (χ1v) is 6.37. The monoisotopic (exact) mass is 232 g/mol. The summed E-state index contributed by atoms with van der Waals surface area (Å²) < 4.78 is 0. The molecule has 1 aromatic rings. The van der Waals surface area contributed by atoms with Crippen LogP contribution in [-0.2, 0) is 4.79 Å².